The van der Waals surface area contributed by atoms with E-state index >= 15 is 0 Å². The van der Waals surface area contributed by atoms with Gasteiger partial charge in [0.25, 0.3) is 0 Å². The maximum Gasteiger partial charge on any atom is 0.164 e. The van der Waals surface area contributed by atoms with Gasteiger partial charge in [0.1, 0.15) is 11.2 Å². The number of thiophene rings is 1. The molecule has 0 bridgehead atoms. The first kappa shape index (κ1) is 32.2. The lowest BCUT2D eigenvalue weighted by Gasteiger charge is -2.10. The van der Waals surface area contributed by atoms with Crippen molar-refractivity contribution in [1.29, 1.82) is 0 Å². The largest absolute Gasteiger partial charge is 0.456 e. The van der Waals surface area contributed by atoms with Gasteiger partial charge in [-0.3, -0.25) is 0 Å². The van der Waals surface area contributed by atoms with E-state index in [1.165, 1.54) is 31.3 Å². The summed E-state index contributed by atoms with van der Waals surface area (Å²) in [5, 5.41) is 4.68. The molecule has 56 heavy (non-hydrogen) atoms. The molecule has 0 aliphatic heterocycles. The molecule has 8 aromatic carbocycles. The number of aromatic nitrogens is 3. The molecule has 0 saturated heterocycles. The molecule has 0 spiro atoms. The molecule has 0 unspecified atom stereocenters. The van der Waals surface area contributed by atoms with E-state index in [2.05, 4.69) is 152 Å². The lowest BCUT2D eigenvalue weighted by atomic mass is 9.93. The number of hydrogen-bond donors (Lipinski definition) is 0. The van der Waals surface area contributed by atoms with E-state index < -0.39 is 0 Å². The molecule has 262 valence electrons. The third kappa shape index (κ3) is 5.56. The van der Waals surface area contributed by atoms with Crippen LogP contribution in [0.4, 0.5) is 0 Å². The van der Waals surface area contributed by atoms with Crippen LogP contribution in [0.15, 0.2) is 192 Å². The minimum atomic E-state index is 0.587. The molecule has 0 saturated carbocycles. The standard InChI is InChI=1S/C51H31N3OS/c1-4-14-32(15-5-1)35-20-12-21-36(28-35)50-52-49(34-18-8-3-9-19-34)53-51(54-50)37-26-27-41-45(31-37)55-44-24-13-23-39(47(41)44)38-29-42(33-16-6-2-7-17-33)48-43(30-38)40-22-10-11-25-46(40)56-48/h1-31H. The molecule has 0 aliphatic carbocycles. The lowest BCUT2D eigenvalue weighted by Crippen LogP contribution is -2.00. The second-order valence-electron chi connectivity index (χ2n) is 14.0. The van der Waals surface area contributed by atoms with Crippen LogP contribution in [0, 0.1) is 0 Å². The molecule has 0 fully saturated rings. The predicted octanol–water partition coefficient (Wildman–Crippen LogP) is 14.1. The Bertz CT molecular complexity index is 3240. The van der Waals surface area contributed by atoms with Gasteiger partial charge in [-0.05, 0) is 70.3 Å². The van der Waals surface area contributed by atoms with Crippen molar-refractivity contribution in [3.8, 4) is 67.5 Å². The van der Waals surface area contributed by atoms with Crippen molar-refractivity contribution >= 4 is 53.4 Å². The quantitative estimate of drug-likeness (QED) is 0.171. The van der Waals surface area contributed by atoms with E-state index in [1.54, 1.807) is 0 Å². The van der Waals surface area contributed by atoms with Crippen molar-refractivity contribution in [2.45, 2.75) is 0 Å². The zero-order valence-corrected chi connectivity index (χ0v) is 30.9. The Labute approximate surface area is 327 Å². The fraction of sp³-hybridized carbons (Fsp3) is 0. The molecule has 4 nitrogen and oxygen atoms in total. The fourth-order valence-corrected chi connectivity index (χ4v) is 9.06. The minimum absolute atomic E-state index is 0.587. The van der Waals surface area contributed by atoms with Crippen LogP contribution in [0.25, 0.3) is 110 Å². The first-order chi connectivity index (χ1) is 27.7. The van der Waals surface area contributed by atoms with Crippen molar-refractivity contribution in [1.82, 2.24) is 15.0 Å². The van der Waals surface area contributed by atoms with Crippen LogP contribution in [0.2, 0.25) is 0 Å². The topological polar surface area (TPSA) is 51.8 Å². The zero-order valence-electron chi connectivity index (χ0n) is 30.1. The summed E-state index contributed by atoms with van der Waals surface area (Å²) in [6.07, 6.45) is 0. The summed E-state index contributed by atoms with van der Waals surface area (Å²) in [4.78, 5) is 15.1. The summed E-state index contributed by atoms with van der Waals surface area (Å²) in [6, 6.07) is 65.6. The third-order valence-corrected chi connectivity index (χ3v) is 11.7. The number of rotatable bonds is 6. The number of nitrogens with zero attached hydrogens (tertiary/aromatic N) is 3. The van der Waals surface area contributed by atoms with Crippen LogP contribution in [-0.2, 0) is 0 Å². The van der Waals surface area contributed by atoms with Gasteiger partial charge in [0.2, 0.25) is 0 Å². The molecule has 5 heteroatoms. The van der Waals surface area contributed by atoms with Gasteiger partial charge in [-0.15, -0.1) is 11.3 Å². The SMILES string of the molecule is c1ccc(-c2cccc(-c3nc(-c4ccccc4)nc(-c4ccc5c(c4)oc4cccc(-c6cc(-c7ccccc7)c7sc8ccccc8c7c6)c45)n3)c2)cc1. The molecular formula is C51H31N3OS. The van der Waals surface area contributed by atoms with Gasteiger partial charge in [0.15, 0.2) is 17.5 Å². The van der Waals surface area contributed by atoms with Gasteiger partial charge in [0, 0.05) is 53.2 Å². The molecule has 0 N–H and O–H groups in total. The molecule has 0 radical (unpaired) electrons. The van der Waals surface area contributed by atoms with E-state index in [0.29, 0.717) is 17.5 Å². The van der Waals surface area contributed by atoms with Crippen molar-refractivity contribution in [3.63, 3.8) is 0 Å². The molecule has 0 atom stereocenters. The van der Waals surface area contributed by atoms with Crippen molar-refractivity contribution in [3.05, 3.63) is 188 Å². The maximum atomic E-state index is 6.66. The highest BCUT2D eigenvalue weighted by Gasteiger charge is 2.19. The highest BCUT2D eigenvalue weighted by atomic mass is 32.1. The summed E-state index contributed by atoms with van der Waals surface area (Å²) in [5.74, 6) is 1.82. The van der Waals surface area contributed by atoms with Gasteiger partial charge in [-0.2, -0.15) is 0 Å². The highest BCUT2D eigenvalue weighted by molar-refractivity contribution is 7.26. The van der Waals surface area contributed by atoms with Crippen LogP contribution in [0.1, 0.15) is 0 Å². The number of hydrogen-bond acceptors (Lipinski definition) is 5. The average Bonchev–Trinajstić information content (AvgIpc) is 3.85. The summed E-state index contributed by atoms with van der Waals surface area (Å²) in [7, 11) is 0. The third-order valence-electron chi connectivity index (χ3n) is 10.5. The lowest BCUT2D eigenvalue weighted by molar-refractivity contribution is 0.669. The fourth-order valence-electron chi connectivity index (χ4n) is 7.84. The number of fused-ring (bicyclic) bond motifs is 6. The van der Waals surface area contributed by atoms with Crippen molar-refractivity contribution < 1.29 is 4.42 Å². The molecule has 11 rings (SSSR count). The molecule has 0 aliphatic rings. The minimum Gasteiger partial charge on any atom is -0.456 e. The first-order valence-corrected chi connectivity index (χ1v) is 19.5. The van der Waals surface area contributed by atoms with E-state index in [-0.39, 0.29) is 0 Å². The van der Waals surface area contributed by atoms with Gasteiger partial charge in [0.05, 0.1) is 0 Å². The van der Waals surface area contributed by atoms with Crippen LogP contribution < -0.4 is 0 Å². The van der Waals surface area contributed by atoms with Gasteiger partial charge in [-0.25, -0.2) is 15.0 Å². The molecular weight excluding hydrogens is 703 g/mol. The van der Waals surface area contributed by atoms with E-state index in [9.17, 15) is 0 Å². The van der Waals surface area contributed by atoms with E-state index in [0.717, 1.165) is 60.9 Å². The van der Waals surface area contributed by atoms with Crippen LogP contribution in [-0.4, -0.2) is 15.0 Å². The molecule has 0 amide bonds. The Kier molecular flexibility index (Phi) is 7.64. The Morgan fingerprint density at radius 1 is 0.339 bits per heavy atom. The Balaban J connectivity index is 1.07. The predicted molar refractivity (Wildman–Crippen MR) is 233 cm³/mol. The molecule has 11 aromatic rings. The zero-order chi connectivity index (χ0) is 37.0. The van der Waals surface area contributed by atoms with E-state index in [4.69, 9.17) is 19.4 Å². The summed E-state index contributed by atoms with van der Waals surface area (Å²) < 4.78 is 9.25. The van der Waals surface area contributed by atoms with Crippen LogP contribution in [0.5, 0.6) is 0 Å². The number of benzene rings is 8. The van der Waals surface area contributed by atoms with Crippen LogP contribution in [0.3, 0.4) is 0 Å². The maximum absolute atomic E-state index is 6.66. The normalized spacial score (nSPS) is 11.6. The Morgan fingerprint density at radius 3 is 1.71 bits per heavy atom. The van der Waals surface area contributed by atoms with E-state index in [1.807, 2.05) is 47.7 Å². The summed E-state index contributed by atoms with van der Waals surface area (Å²) in [6.45, 7) is 0. The first-order valence-electron chi connectivity index (χ1n) is 18.7. The van der Waals surface area contributed by atoms with Crippen LogP contribution >= 0.6 is 11.3 Å². The number of furan rings is 1. The Hall–Kier alpha value is -7.21. The molecule has 3 aromatic heterocycles. The Morgan fingerprint density at radius 2 is 0.946 bits per heavy atom. The summed E-state index contributed by atoms with van der Waals surface area (Å²) >= 11 is 1.86. The smallest absolute Gasteiger partial charge is 0.164 e. The average molecular weight is 734 g/mol. The second-order valence-corrected chi connectivity index (χ2v) is 15.0. The van der Waals surface area contributed by atoms with Crippen molar-refractivity contribution in [2.24, 2.45) is 0 Å². The molecule has 3 heterocycles. The van der Waals surface area contributed by atoms with Gasteiger partial charge >= 0.3 is 0 Å². The second kappa shape index (κ2) is 13.3. The van der Waals surface area contributed by atoms with Gasteiger partial charge in [-0.1, -0.05) is 146 Å². The van der Waals surface area contributed by atoms with Gasteiger partial charge < -0.3 is 4.42 Å². The van der Waals surface area contributed by atoms with Crippen molar-refractivity contribution in [2.75, 3.05) is 0 Å². The summed E-state index contributed by atoms with van der Waals surface area (Å²) in [5.41, 5.74) is 11.3. The highest BCUT2D eigenvalue weighted by Crippen LogP contribution is 2.45. The monoisotopic (exact) mass is 733 g/mol.